The first-order valence-corrected chi connectivity index (χ1v) is 5.50. The van der Waals surface area contributed by atoms with Crippen LogP contribution in [0.4, 0.5) is 4.39 Å². The first-order valence-electron chi connectivity index (χ1n) is 5.50. The molecule has 0 aliphatic carbocycles. The van der Waals surface area contributed by atoms with E-state index >= 15 is 0 Å². The molecular formula is C12H14FNO5. The molecule has 1 rings (SSSR count). The molecular weight excluding hydrogens is 257 g/mol. The monoisotopic (exact) mass is 271 g/mol. The fourth-order valence-electron chi connectivity index (χ4n) is 1.27. The summed E-state index contributed by atoms with van der Waals surface area (Å²) in [5.74, 6) is -2.43. The van der Waals surface area contributed by atoms with Gasteiger partial charge in [-0.2, -0.15) is 0 Å². The highest BCUT2D eigenvalue weighted by atomic mass is 19.1. The molecule has 1 amide bonds. The number of carboxylic acid groups (broad SMARTS) is 1. The SMILES string of the molecule is CC(Oc1cccc(F)c1)C(=O)N[C@H](CO)C(=O)O. The van der Waals surface area contributed by atoms with E-state index in [-0.39, 0.29) is 5.75 Å². The molecule has 0 aliphatic heterocycles. The lowest BCUT2D eigenvalue weighted by Gasteiger charge is -2.17. The molecule has 1 aromatic carbocycles. The Morgan fingerprint density at radius 3 is 2.68 bits per heavy atom. The van der Waals surface area contributed by atoms with Crippen LogP contribution in [0.2, 0.25) is 0 Å². The molecule has 104 valence electrons. The third-order valence-electron chi connectivity index (χ3n) is 2.28. The Hall–Kier alpha value is -2.15. The predicted octanol–water partition coefficient (Wildman–Crippen LogP) is 0.155. The summed E-state index contributed by atoms with van der Waals surface area (Å²) < 4.78 is 18.1. The first-order chi connectivity index (χ1) is 8.93. The zero-order valence-corrected chi connectivity index (χ0v) is 10.2. The molecule has 0 spiro atoms. The van der Waals surface area contributed by atoms with E-state index in [4.69, 9.17) is 14.9 Å². The van der Waals surface area contributed by atoms with Crippen LogP contribution in [-0.2, 0) is 9.59 Å². The number of aliphatic hydroxyl groups excluding tert-OH is 1. The summed E-state index contributed by atoms with van der Waals surface area (Å²) in [5.41, 5.74) is 0. The van der Waals surface area contributed by atoms with Crippen LogP contribution in [0.3, 0.4) is 0 Å². The van der Waals surface area contributed by atoms with Crippen molar-refractivity contribution in [1.29, 1.82) is 0 Å². The minimum atomic E-state index is -1.40. The van der Waals surface area contributed by atoms with Crippen molar-refractivity contribution in [1.82, 2.24) is 5.32 Å². The maximum atomic E-state index is 12.9. The van der Waals surface area contributed by atoms with Gasteiger partial charge in [-0.15, -0.1) is 0 Å². The molecule has 0 saturated heterocycles. The Kier molecular flexibility index (Phi) is 5.25. The van der Waals surface area contributed by atoms with Gasteiger partial charge in [-0.05, 0) is 19.1 Å². The highest BCUT2D eigenvalue weighted by molar-refractivity contribution is 5.86. The minimum absolute atomic E-state index is 0.151. The summed E-state index contributed by atoms with van der Waals surface area (Å²) in [6.45, 7) is 0.657. The van der Waals surface area contributed by atoms with E-state index in [1.807, 2.05) is 0 Å². The van der Waals surface area contributed by atoms with Gasteiger partial charge in [0.1, 0.15) is 17.6 Å². The molecule has 0 aliphatic rings. The fraction of sp³-hybridized carbons (Fsp3) is 0.333. The molecule has 19 heavy (non-hydrogen) atoms. The molecule has 0 heterocycles. The second-order valence-electron chi connectivity index (χ2n) is 3.80. The number of benzene rings is 1. The number of carboxylic acids is 1. The lowest BCUT2D eigenvalue weighted by Crippen LogP contribution is -2.48. The average molecular weight is 271 g/mol. The second-order valence-corrected chi connectivity index (χ2v) is 3.80. The van der Waals surface area contributed by atoms with Gasteiger partial charge >= 0.3 is 5.97 Å². The average Bonchev–Trinajstić information content (AvgIpc) is 2.35. The number of aliphatic carboxylic acids is 1. The Bertz CT molecular complexity index is 465. The number of halogens is 1. The van der Waals surface area contributed by atoms with Gasteiger partial charge in [-0.1, -0.05) is 6.07 Å². The van der Waals surface area contributed by atoms with Crippen LogP contribution in [0.25, 0.3) is 0 Å². The summed E-state index contributed by atoms with van der Waals surface area (Å²) in [5, 5.41) is 19.5. The van der Waals surface area contributed by atoms with Crippen molar-refractivity contribution in [2.24, 2.45) is 0 Å². The van der Waals surface area contributed by atoms with Crippen LogP contribution in [0.1, 0.15) is 6.92 Å². The van der Waals surface area contributed by atoms with E-state index in [9.17, 15) is 14.0 Å². The Labute approximate surface area is 108 Å². The van der Waals surface area contributed by atoms with Gasteiger partial charge in [0, 0.05) is 6.07 Å². The van der Waals surface area contributed by atoms with E-state index in [2.05, 4.69) is 5.32 Å². The number of hydrogen-bond donors (Lipinski definition) is 3. The summed E-state index contributed by atoms with van der Waals surface area (Å²) in [6.07, 6.45) is -1.02. The van der Waals surface area contributed by atoms with Crippen LogP contribution in [0.15, 0.2) is 24.3 Å². The molecule has 0 bridgehead atoms. The fourth-order valence-corrected chi connectivity index (χ4v) is 1.27. The number of ether oxygens (including phenoxy) is 1. The van der Waals surface area contributed by atoms with E-state index in [1.165, 1.54) is 25.1 Å². The normalized spacial score (nSPS) is 13.4. The quantitative estimate of drug-likeness (QED) is 0.684. The number of aliphatic hydroxyl groups is 1. The van der Waals surface area contributed by atoms with Crippen molar-refractivity contribution >= 4 is 11.9 Å². The maximum absolute atomic E-state index is 12.9. The van der Waals surface area contributed by atoms with Crippen LogP contribution >= 0.6 is 0 Å². The van der Waals surface area contributed by atoms with Gasteiger partial charge in [-0.3, -0.25) is 4.79 Å². The number of carbonyl (C=O) groups excluding carboxylic acids is 1. The summed E-state index contributed by atoms with van der Waals surface area (Å²) in [4.78, 5) is 22.2. The van der Waals surface area contributed by atoms with Crippen molar-refractivity contribution < 1.29 is 28.9 Å². The predicted molar refractivity (Wildman–Crippen MR) is 63.1 cm³/mol. The Balaban J connectivity index is 2.60. The molecule has 6 nitrogen and oxygen atoms in total. The molecule has 3 N–H and O–H groups in total. The van der Waals surface area contributed by atoms with E-state index in [1.54, 1.807) is 0 Å². The Morgan fingerprint density at radius 1 is 1.47 bits per heavy atom. The zero-order valence-electron chi connectivity index (χ0n) is 10.2. The van der Waals surface area contributed by atoms with Crippen LogP contribution in [0, 0.1) is 5.82 Å². The smallest absolute Gasteiger partial charge is 0.328 e. The highest BCUT2D eigenvalue weighted by Crippen LogP contribution is 2.13. The van der Waals surface area contributed by atoms with Gasteiger partial charge in [0.25, 0.3) is 5.91 Å². The highest BCUT2D eigenvalue weighted by Gasteiger charge is 2.23. The maximum Gasteiger partial charge on any atom is 0.328 e. The number of rotatable bonds is 6. The third kappa shape index (κ3) is 4.55. The summed E-state index contributed by atoms with van der Waals surface area (Å²) in [6, 6.07) is 3.82. The zero-order chi connectivity index (χ0) is 14.4. The number of amides is 1. The van der Waals surface area contributed by atoms with Gasteiger partial charge < -0.3 is 20.3 Å². The van der Waals surface area contributed by atoms with Gasteiger partial charge in [0.15, 0.2) is 6.10 Å². The van der Waals surface area contributed by atoms with Crippen LogP contribution < -0.4 is 10.1 Å². The molecule has 1 aromatic rings. The van der Waals surface area contributed by atoms with Gasteiger partial charge in [0.05, 0.1) is 6.61 Å². The molecule has 2 atom stereocenters. The van der Waals surface area contributed by atoms with E-state index in [0.29, 0.717) is 0 Å². The van der Waals surface area contributed by atoms with Crippen molar-refractivity contribution in [3.05, 3.63) is 30.1 Å². The van der Waals surface area contributed by atoms with Crippen molar-refractivity contribution in [2.45, 2.75) is 19.1 Å². The minimum Gasteiger partial charge on any atom is -0.481 e. The second kappa shape index (κ2) is 6.69. The lowest BCUT2D eigenvalue weighted by atomic mass is 10.2. The van der Waals surface area contributed by atoms with E-state index < -0.39 is 36.4 Å². The summed E-state index contributed by atoms with van der Waals surface area (Å²) in [7, 11) is 0. The molecule has 0 aromatic heterocycles. The van der Waals surface area contributed by atoms with Crippen molar-refractivity contribution in [3.63, 3.8) is 0 Å². The molecule has 0 saturated carbocycles. The van der Waals surface area contributed by atoms with Crippen molar-refractivity contribution in [3.8, 4) is 5.75 Å². The molecule has 0 fully saturated rings. The van der Waals surface area contributed by atoms with Crippen LogP contribution in [-0.4, -0.2) is 40.8 Å². The molecule has 0 radical (unpaired) electrons. The van der Waals surface area contributed by atoms with Gasteiger partial charge in [-0.25, -0.2) is 9.18 Å². The number of carbonyl (C=O) groups is 2. The molecule has 7 heteroatoms. The largest absolute Gasteiger partial charge is 0.481 e. The lowest BCUT2D eigenvalue weighted by molar-refractivity contribution is -0.144. The van der Waals surface area contributed by atoms with E-state index in [0.717, 1.165) is 6.07 Å². The van der Waals surface area contributed by atoms with Crippen LogP contribution in [0.5, 0.6) is 5.75 Å². The number of nitrogens with one attached hydrogen (secondary N) is 1. The standard InChI is InChI=1S/C12H14FNO5/c1-7(11(16)14-10(6-15)12(17)18)19-9-4-2-3-8(13)5-9/h2-5,7,10,15H,6H2,1H3,(H,14,16)(H,17,18)/t7?,10-/m1/s1. The first kappa shape index (κ1) is 14.9. The van der Waals surface area contributed by atoms with Crippen molar-refractivity contribution in [2.75, 3.05) is 6.61 Å². The number of hydrogen-bond acceptors (Lipinski definition) is 4. The molecule has 1 unspecified atom stereocenters. The van der Waals surface area contributed by atoms with Gasteiger partial charge in [0.2, 0.25) is 0 Å². The topological polar surface area (TPSA) is 95.9 Å². The third-order valence-corrected chi connectivity index (χ3v) is 2.28. The Morgan fingerprint density at radius 2 is 2.16 bits per heavy atom. The summed E-state index contributed by atoms with van der Waals surface area (Å²) >= 11 is 0.